The Morgan fingerprint density at radius 1 is 0.980 bits per heavy atom. The molecular formula is C27H43ClN6O13P2. The van der Waals surface area contributed by atoms with E-state index in [-0.39, 0.29) is 23.6 Å². The summed E-state index contributed by atoms with van der Waals surface area (Å²) in [6.45, 7) is 5.41. The maximum Gasteiger partial charge on any atom is 0.340 e. The van der Waals surface area contributed by atoms with Gasteiger partial charge in [-0.3, -0.25) is 9.13 Å². The van der Waals surface area contributed by atoms with Crippen molar-refractivity contribution >= 4 is 43.6 Å². The molecule has 0 spiro atoms. The minimum absolute atomic E-state index is 0.0770. The van der Waals surface area contributed by atoms with Crippen molar-refractivity contribution < 1.29 is 62.2 Å². The molecular weight excluding hydrogens is 714 g/mol. The number of piperidine rings is 1. The molecule has 6 N–H and O–H groups in total. The fraction of sp³-hybridized carbons (Fsp3) is 0.741. The Balaban J connectivity index is 1.20. The predicted molar refractivity (Wildman–Crippen MR) is 174 cm³/mol. The summed E-state index contributed by atoms with van der Waals surface area (Å²) in [5.74, 6) is 1.41. The molecule has 19 nitrogen and oxygen atoms in total. The normalized spacial score (nSPS) is 23.5. The topological polar surface area (TPSA) is 250 Å². The van der Waals surface area contributed by atoms with E-state index in [1.54, 1.807) is 0 Å². The van der Waals surface area contributed by atoms with E-state index in [2.05, 4.69) is 31.2 Å². The second-order valence-corrected chi connectivity index (χ2v) is 15.6. The Hall–Kier alpha value is -1.82. The van der Waals surface area contributed by atoms with E-state index in [1.807, 2.05) is 0 Å². The Morgan fingerprint density at radius 3 is 2.24 bits per heavy atom. The minimum atomic E-state index is -4.85. The van der Waals surface area contributed by atoms with E-state index in [1.165, 1.54) is 10.9 Å². The molecule has 0 aromatic carbocycles. The van der Waals surface area contributed by atoms with Crippen LogP contribution in [0.2, 0.25) is 5.28 Å². The first-order chi connectivity index (χ1) is 23.4. The van der Waals surface area contributed by atoms with Crippen molar-refractivity contribution in [3.8, 4) is 12.3 Å². The third kappa shape index (κ3) is 12.7. The number of aromatic nitrogens is 4. The standard InChI is InChI=1S/C27H43ClN6O13P2/c1-2-8-42-10-12-44-14-15-45-13-11-43-9-7-33-5-3-19(4-6-33)30-24-20-16-29-34(25(20)32-27(28)31-24)26-23(36)22(35)21(47-26)17-46-49(40,41)18-48(37,38)39/h1,16,19,21-23,26,35-36H,3-15,17-18H2,(H,40,41)(H,30,31,32)(H2,37,38,39)/t21-,22-,23-,26-/m1/s1. The first-order valence-electron chi connectivity index (χ1n) is 15.5. The number of hydrogen-bond donors (Lipinski definition) is 6. The van der Waals surface area contributed by atoms with Crippen LogP contribution in [-0.4, -0.2) is 159 Å². The number of aliphatic hydroxyl groups excluding tert-OH is 2. The summed E-state index contributed by atoms with van der Waals surface area (Å²) in [4.78, 5) is 38.6. The van der Waals surface area contributed by atoms with E-state index >= 15 is 0 Å². The molecule has 0 aliphatic carbocycles. The maximum absolute atomic E-state index is 12.0. The lowest BCUT2D eigenvalue weighted by atomic mass is 10.1. The summed E-state index contributed by atoms with van der Waals surface area (Å²) < 4.78 is 56.5. The van der Waals surface area contributed by atoms with E-state index in [0.29, 0.717) is 57.5 Å². The second-order valence-electron chi connectivity index (χ2n) is 11.3. The highest BCUT2D eigenvalue weighted by Gasteiger charge is 2.46. The monoisotopic (exact) mass is 756 g/mol. The molecule has 2 aromatic rings. The molecule has 49 heavy (non-hydrogen) atoms. The fourth-order valence-electron chi connectivity index (χ4n) is 5.21. The van der Waals surface area contributed by atoms with Gasteiger partial charge in [0.05, 0.1) is 64.4 Å². The van der Waals surface area contributed by atoms with E-state index in [0.717, 1.165) is 32.5 Å². The average Bonchev–Trinajstić information content (AvgIpc) is 3.58. The molecule has 0 amide bonds. The van der Waals surface area contributed by atoms with Gasteiger partial charge in [-0.2, -0.15) is 15.1 Å². The summed E-state index contributed by atoms with van der Waals surface area (Å²) >= 11 is 6.25. The van der Waals surface area contributed by atoms with Crippen molar-refractivity contribution in [2.24, 2.45) is 0 Å². The molecule has 276 valence electrons. The lowest BCUT2D eigenvalue weighted by molar-refractivity contribution is -0.0541. The van der Waals surface area contributed by atoms with Gasteiger partial charge in [0.1, 0.15) is 30.7 Å². The molecule has 4 heterocycles. The molecule has 2 aliphatic rings. The zero-order valence-corrected chi connectivity index (χ0v) is 29.2. The van der Waals surface area contributed by atoms with Gasteiger partial charge in [0, 0.05) is 25.7 Å². The number of rotatable bonds is 21. The zero-order chi connectivity index (χ0) is 35.4. The number of fused-ring (bicyclic) bond motifs is 1. The van der Waals surface area contributed by atoms with Crippen LogP contribution in [0.25, 0.3) is 11.0 Å². The number of nitrogens with zero attached hydrogens (tertiary/aromatic N) is 5. The summed E-state index contributed by atoms with van der Waals surface area (Å²) in [6.07, 6.45) is 2.45. The summed E-state index contributed by atoms with van der Waals surface area (Å²) in [6, 6.07) is 0.0770. The van der Waals surface area contributed by atoms with Crippen LogP contribution in [0.5, 0.6) is 0 Å². The van der Waals surface area contributed by atoms with Gasteiger partial charge in [-0.1, -0.05) is 5.92 Å². The SMILES string of the molecule is C#CCOCCOCCOCCOCCN1CCC(Nc2nc(Cl)nc3c2cnn3[C@@H]2O[C@H](COP(=O)(O)CP(=O)(O)O)[C@@H](O)[C@H]2O)CC1. The van der Waals surface area contributed by atoms with E-state index in [9.17, 15) is 24.2 Å². The number of ether oxygens (including phenoxy) is 5. The van der Waals surface area contributed by atoms with Crippen molar-refractivity contribution in [2.75, 3.05) is 90.3 Å². The van der Waals surface area contributed by atoms with Crippen LogP contribution in [0.15, 0.2) is 6.20 Å². The van der Waals surface area contributed by atoms with Crippen LogP contribution in [0.1, 0.15) is 19.1 Å². The number of anilines is 1. The average molecular weight is 757 g/mol. The predicted octanol–water partition coefficient (Wildman–Crippen LogP) is 0.0120. The van der Waals surface area contributed by atoms with Crippen molar-refractivity contribution in [3.05, 3.63) is 11.5 Å². The molecule has 22 heteroatoms. The van der Waals surface area contributed by atoms with Gasteiger partial charge >= 0.3 is 15.2 Å². The molecule has 2 saturated heterocycles. The van der Waals surface area contributed by atoms with Gasteiger partial charge in [0.25, 0.3) is 0 Å². The van der Waals surface area contributed by atoms with Gasteiger partial charge in [0.2, 0.25) is 5.28 Å². The Morgan fingerprint density at radius 2 is 1.61 bits per heavy atom. The van der Waals surface area contributed by atoms with Gasteiger partial charge < -0.3 is 63.3 Å². The molecule has 0 bridgehead atoms. The molecule has 0 radical (unpaired) electrons. The number of likely N-dealkylation sites (tertiary alicyclic amines) is 1. The number of hydrogen-bond acceptors (Lipinski definition) is 15. The third-order valence-electron chi connectivity index (χ3n) is 7.59. The lowest BCUT2D eigenvalue weighted by Crippen LogP contribution is -2.40. The Labute approximate surface area is 287 Å². The molecule has 2 aliphatic heterocycles. The van der Waals surface area contributed by atoms with Crippen LogP contribution < -0.4 is 5.32 Å². The van der Waals surface area contributed by atoms with Gasteiger partial charge in [-0.25, -0.2) is 4.68 Å². The smallest absolute Gasteiger partial charge is 0.340 e. The Kier molecular flexibility index (Phi) is 15.6. The molecule has 2 fully saturated rings. The number of aliphatic hydroxyl groups is 2. The second kappa shape index (κ2) is 19.1. The molecule has 0 saturated carbocycles. The number of halogens is 1. The largest absolute Gasteiger partial charge is 0.387 e. The number of nitrogens with one attached hydrogen (secondary N) is 1. The third-order valence-corrected chi connectivity index (χ3v) is 11.2. The van der Waals surface area contributed by atoms with Crippen LogP contribution in [0.4, 0.5) is 5.82 Å². The summed E-state index contributed by atoms with van der Waals surface area (Å²) in [7, 11) is -9.57. The highest BCUT2D eigenvalue weighted by molar-refractivity contribution is 7.70. The van der Waals surface area contributed by atoms with Crippen LogP contribution in [-0.2, 0) is 37.3 Å². The van der Waals surface area contributed by atoms with Crippen molar-refractivity contribution in [1.82, 2.24) is 24.6 Å². The molecule has 5 atom stereocenters. The fourth-order valence-corrected chi connectivity index (χ4v) is 7.94. The van der Waals surface area contributed by atoms with Gasteiger partial charge in [-0.05, 0) is 24.4 Å². The van der Waals surface area contributed by atoms with Crippen molar-refractivity contribution in [1.29, 1.82) is 0 Å². The van der Waals surface area contributed by atoms with Crippen LogP contribution >= 0.6 is 26.8 Å². The number of terminal acetylenes is 1. The zero-order valence-electron chi connectivity index (χ0n) is 26.7. The van der Waals surface area contributed by atoms with E-state index < -0.39 is 52.2 Å². The molecule has 2 aromatic heterocycles. The van der Waals surface area contributed by atoms with Gasteiger partial charge in [-0.15, -0.1) is 6.42 Å². The quantitative estimate of drug-likeness (QED) is 0.0425. The highest BCUT2D eigenvalue weighted by atomic mass is 35.5. The molecule has 1 unspecified atom stereocenters. The summed E-state index contributed by atoms with van der Waals surface area (Å²) in [5.41, 5.74) is 0.200. The first kappa shape index (κ1) is 40.0. The van der Waals surface area contributed by atoms with Crippen LogP contribution in [0.3, 0.4) is 0 Å². The molecule has 4 rings (SSSR count). The maximum atomic E-state index is 12.0. The van der Waals surface area contributed by atoms with Crippen molar-refractivity contribution in [2.45, 2.75) is 43.4 Å². The van der Waals surface area contributed by atoms with Gasteiger partial charge in [0.15, 0.2) is 17.8 Å². The first-order valence-corrected chi connectivity index (χ1v) is 19.5. The highest BCUT2D eigenvalue weighted by Crippen LogP contribution is 2.55. The lowest BCUT2D eigenvalue weighted by Gasteiger charge is -2.32. The van der Waals surface area contributed by atoms with Crippen LogP contribution in [0, 0.1) is 12.3 Å². The van der Waals surface area contributed by atoms with Crippen molar-refractivity contribution in [3.63, 3.8) is 0 Å². The minimum Gasteiger partial charge on any atom is -0.387 e. The van der Waals surface area contributed by atoms with E-state index in [4.69, 9.17) is 56.0 Å². The Bertz CT molecular complexity index is 1470. The summed E-state index contributed by atoms with van der Waals surface area (Å²) in [5, 5.41) is 29.3.